The molecule has 36 heavy (non-hydrogen) atoms. The van der Waals surface area contributed by atoms with E-state index in [4.69, 9.17) is 16.3 Å². The molecule has 7 heteroatoms. The van der Waals surface area contributed by atoms with E-state index in [1.54, 1.807) is 16.9 Å². The van der Waals surface area contributed by atoms with Crippen molar-refractivity contribution in [1.29, 1.82) is 0 Å². The maximum absolute atomic E-state index is 14.2. The zero-order chi connectivity index (χ0) is 25.0. The lowest BCUT2D eigenvalue weighted by Gasteiger charge is -2.51. The summed E-state index contributed by atoms with van der Waals surface area (Å²) in [4.78, 5) is 34.8. The van der Waals surface area contributed by atoms with E-state index in [1.165, 1.54) is 0 Å². The zero-order valence-corrected chi connectivity index (χ0v) is 20.9. The molecule has 1 fully saturated rings. The molecule has 6 nitrogen and oxygen atoms in total. The van der Waals surface area contributed by atoms with Crippen LogP contribution < -0.4 is 4.74 Å². The van der Waals surface area contributed by atoms with E-state index in [1.807, 2.05) is 73.7 Å². The van der Waals surface area contributed by atoms with Crippen LogP contribution in [0.15, 0.2) is 72.8 Å². The number of para-hydroxylation sites is 1. The number of fused-ring (bicyclic) bond motifs is 5. The molecule has 1 aromatic heterocycles. The number of nitrogens with one attached hydrogen (secondary N) is 1. The minimum absolute atomic E-state index is 0.0362. The summed E-state index contributed by atoms with van der Waals surface area (Å²) in [6.45, 7) is 2.66. The fraction of sp³-hybridized carbons (Fsp3) is 0.241. The first kappa shape index (κ1) is 22.7. The molecule has 6 rings (SSSR count). The number of rotatable bonds is 4. The molecule has 2 aliphatic heterocycles. The van der Waals surface area contributed by atoms with Crippen molar-refractivity contribution in [3.8, 4) is 5.75 Å². The predicted octanol–water partition coefficient (Wildman–Crippen LogP) is 5.06. The van der Waals surface area contributed by atoms with E-state index in [0.717, 1.165) is 39.0 Å². The third-order valence-electron chi connectivity index (χ3n) is 7.60. The monoisotopic (exact) mass is 499 g/mol. The molecule has 0 radical (unpaired) electrons. The highest BCUT2D eigenvalue weighted by molar-refractivity contribution is 6.30. The van der Waals surface area contributed by atoms with E-state index in [2.05, 4.69) is 11.1 Å². The molecular weight excluding hydrogens is 474 g/mol. The number of carbonyl (C=O) groups is 2. The number of halogens is 1. The van der Waals surface area contributed by atoms with Gasteiger partial charge in [0.2, 0.25) is 5.91 Å². The summed E-state index contributed by atoms with van der Waals surface area (Å²) in [6, 6.07) is 23.4. The number of amides is 2. The Labute approximate surface area is 214 Å². The highest BCUT2D eigenvalue weighted by Gasteiger charge is 2.56. The van der Waals surface area contributed by atoms with Crippen LogP contribution in [0.4, 0.5) is 0 Å². The molecule has 3 aromatic carbocycles. The van der Waals surface area contributed by atoms with Crippen molar-refractivity contribution in [3.05, 3.63) is 100 Å². The van der Waals surface area contributed by atoms with E-state index >= 15 is 0 Å². The van der Waals surface area contributed by atoms with Crippen LogP contribution in [0.5, 0.6) is 5.75 Å². The van der Waals surface area contributed by atoms with Gasteiger partial charge in [-0.3, -0.25) is 9.59 Å². The van der Waals surface area contributed by atoms with Crippen molar-refractivity contribution in [2.45, 2.75) is 24.9 Å². The lowest BCUT2D eigenvalue weighted by molar-refractivity contribution is -0.166. The van der Waals surface area contributed by atoms with Crippen molar-refractivity contribution < 1.29 is 14.3 Å². The van der Waals surface area contributed by atoms with Crippen LogP contribution in [0.2, 0.25) is 5.02 Å². The number of methoxy groups -OCH3 is 1. The van der Waals surface area contributed by atoms with Crippen molar-refractivity contribution in [3.63, 3.8) is 0 Å². The summed E-state index contributed by atoms with van der Waals surface area (Å²) >= 11 is 6.17. The van der Waals surface area contributed by atoms with Crippen LogP contribution in [0.3, 0.4) is 0 Å². The maximum atomic E-state index is 14.2. The quantitative estimate of drug-likeness (QED) is 0.427. The van der Waals surface area contributed by atoms with Crippen LogP contribution >= 0.6 is 11.6 Å². The molecule has 0 aliphatic carbocycles. The smallest absolute Gasteiger partial charge is 0.255 e. The number of carbonyl (C=O) groups excluding carboxylic acids is 2. The van der Waals surface area contributed by atoms with Gasteiger partial charge in [0.1, 0.15) is 12.3 Å². The third-order valence-corrected chi connectivity index (χ3v) is 7.85. The number of aromatic amines is 1. The average molecular weight is 500 g/mol. The number of piperazine rings is 1. The lowest BCUT2D eigenvalue weighted by atomic mass is 9.76. The Balaban J connectivity index is 1.48. The molecule has 1 N–H and O–H groups in total. The van der Waals surface area contributed by atoms with E-state index < -0.39 is 5.54 Å². The number of ether oxygens (including phenoxy) is 1. The van der Waals surface area contributed by atoms with Crippen molar-refractivity contribution in [1.82, 2.24) is 14.8 Å². The molecule has 4 aromatic rings. The standard InChI is InChI=1S/C29H26ClN3O3/c1-29-27-26(22-8-3-4-9-24(22)31-27)23(19-10-12-20(30)13-11-19)16-33(29)25(34)17-32(28(29)35)15-18-6-5-7-21(14-18)36-2/h3-14,23,31H,15-17H2,1-2H3. The van der Waals surface area contributed by atoms with Crippen molar-refractivity contribution in [2.24, 2.45) is 0 Å². The highest BCUT2D eigenvalue weighted by atomic mass is 35.5. The second-order valence-corrected chi connectivity index (χ2v) is 10.1. The van der Waals surface area contributed by atoms with Gasteiger partial charge in [-0.05, 0) is 53.9 Å². The summed E-state index contributed by atoms with van der Waals surface area (Å²) < 4.78 is 5.35. The van der Waals surface area contributed by atoms with E-state index in [-0.39, 0.29) is 24.3 Å². The molecule has 1 saturated heterocycles. The number of aromatic nitrogens is 1. The molecule has 2 unspecified atom stereocenters. The summed E-state index contributed by atoms with van der Waals surface area (Å²) in [6.07, 6.45) is 0. The Morgan fingerprint density at radius 2 is 1.83 bits per heavy atom. The van der Waals surface area contributed by atoms with Crippen molar-refractivity contribution in [2.75, 3.05) is 20.2 Å². The number of hydrogen-bond acceptors (Lipinski definition) is 3. The summed E-state index contributed by atoms with van der Waals surface area (Å²) in [5.74, 6) is 0.483. The topological polar surface area (TPSA) is 65.6 Å². The molecule has 0 saturated carbocycles. The molecule has 2 aliphatic rings. The van der Waals surface area contributed by atoms with Gasteiger partial charge >= 0.3 is 0 Å². The molecule has 2 atom stereocenters. The summed E-state index contributed by atoms with van der Waals surface area (Å²) in [7, 11) is 1.62. The van der Waals surface area contributed by atoms with Crippen LogP contribution in [0.25, 0.3) is 10.9 Å². The first-order chi connectivity index (χ1) is 17.4. The van der Waals surface area contributed by atoms with Gasteiger partial charge in [-0.15, -0.1) is 0 Å². The van der Waals surface area contributed by atoms with E-state index in [0.29, 0.717) is 18.1 Å². The van der Waals surface area contributed by atoms with Gasteiger partial charge < -0.3 is 19.5 Å². The third kappa shape index (κ3) is 3.39. The SMILES string of the molecule is COc1cccc(CN2CC(=O)N3CC(c4ccc(Cl)cc4)c4c([nH]c5ccccc45)C3(C)C2=O)c1. The number of nitrogens with zero attached hydrogens (tertiary/aromatic N) is 2. The van der Waals surface area contributed by atoms with Crippen LogP contribution in [-0.4, -0.2) is 46.8 Å². The molecular formula is C29H26ClN3O3. The minimum Gasteiger partial charge on any atom is -0.497 e. The Hall–Kier alpha value is -3.77. The fourth-order valence-corrected chi connectivity index (χ4v) is 5.91. The second-order valence-electron chi connectivity index (χ2n) is 9.65. The highest BCUT2D eigenvalue weighted by Crippen LogP contribution is 2.48. The molecule has 3 heterocycles. The maximum Gasteiger partial charge on any atom is 0.255 e. The van der Waals surface area contributed by atoms with Gasteiger partial charge in [0.15, 0.2) is 5.54 Å². The predicted molar refractivity (Wildman–Crippen MR) is 139 cm³/mol. The average Bonchev–Trinajstić information content (AvgIpc) is 3.29. The number of benzene rings is 3. The number of H-pyrrole nitrogens is 1. The van der Waals surface area contributed by atoms with Crippen molar-refractivity contribution >= 4 is 34.3 Å². The van der Waals surface area contributed by atoms with Gasteiger partial charge in [0.05, 0.1) is 12.8 Å². The van der Waals surface area contributed by atoms with Crippen LogP contribution in [0, 0.1) is 0 Å². The number of hydrogen-bond donors (Lipinski definition) is 1. The molecule has 2 amide bonds. The molecule has 182 valence electrons. The lowest BCUT2D eigenvalue weighted by Crippen LogP contribution is -2.67. The summed E-state index contributed by atoms with van der Waals surface area (Å²) in [5, 5.41) is 1.73. The van der Waals surface area contributed by atoms with Gasteiger partial charge in [0, 0.05) is 34.9 Å². The van der Waals surface area contributed by atoms with Crippen LogP contribution in [-0.2, 0) is 21.7 Å². The van der Waals surface area contributed by atoms with Gasteiger partial charge in [-0.25, -0.2) is 0 Å². The molecule has 0 spiro atoms. The van der Waals surface area contributed by atoms with Gasteiger partial charge in [0.25, 0.3) is 5.91 Å². The van der Waals surface area contributed by atoms with Crippen LogP contribution in [0.1, 0.15) is 35.2 Å². The normalized spacial score (nSPS) is 21.5. The Morgan fingerprint density at radius 3 is 2.61 bits per heavy atom. The fourth-order valence-electron chi connectivity index (χ4n) is 5.79. The first-order valence-corrected chi connectivity index (χ1v) is 12.4. The minimum atomic E-state index is -1.13. The zero-order valence-electron chi connectivity index (χ0n) is 20.1. The second kappa shape index (κ2) is 8.42. The largest absolute Gasteiger partial charge is 0.497 e. The van der Waals surface area contributed by atoms with E-state index in [9.17, 15) is 9.59 Å². The van der Waals surface area contributed by atoms with Gasteiger partial charge in [-0.1, -0.05) is 54.1 Å². The summed E-state index contributed by atoms with van der Waals surface area (Å²) in [5.41, 5.74) is 3.64. The first-order valence-electron chi connectivity index (χ1n) is 12.0. The Kier molecular flexibility index (Phi) is 5.30. The molecule has 0 bridgehead atoms. The Morgan fingerprint density at radius 1 is 1.06 bits per heavy atom. The Bertz CT molecular complexity index is 1500. The van der Waals surface area contributed by atoms with Gasteiger partial charge in [-0.2, -0.15) is 0 Å².